The van der Waals surface area contributed by atoms with Crippen LogP contribution in [0.25, 0.3) is 0 Å². The maximum absolute atomic E-state index is 12.3. The lowest BCUT2D eigenvalue weighted by atomic mass is 9.93. The first-order valence-electron chi connectivity index (χ1n) is 9.25. The summed E-state index contributed by atoms with van der Waals surface area (Å²) in [5, 5.41) is 16.0. The first-order chi connectivity index (χ1) is 11.7. The average molecular weight is 331 g/mol. The second-order valence-corrected chi connectivity index (χ2v) is 6.98. The number of aliphatic hydroxyl groups excluding tert-OH is 1. The number of benzene rings is 1. The van der Waals surface area contributed by atoms with Crippen molar-refractivity contribution in [3.05, 3.63) is 35.9 Å². The Morgan fingerprint density at radius 1 is 1.12 bits per heavy atom. The van der Waals surface area contributed by atoms with Gasteiger partial charge in [0.2, 0.25) is 0 Å². The lowest BCUT2D eigenvalue weighted by Crippen LogP contribution is -2.50. The Morgan fingerprint density at radius 2 is 1.83 bits per heavy atom. The van der Waals surface area contributed by atoms with E-state index in [1.54, 1.807) is 0 Å². The van der Waals surface area contributed by atoms with Crippen molar-refractivity contribution in [1.82, 2.24) is 15.5 Å². The van der Waals surface area contributed by atoms with E-state index < -0.39 is 6.10 Å². The van der Waals surface area contributed by atoms with E-state index in [-0.39, 0.29) is 18.1 Å². The molecule has 0 radical (unpaired) electrons. The summed E-state index contributed by atoms with van der Waals surface area (Å²) in [6.07, 6.45) is 5.81. The normalized spacial score (nSPS) is 26.0. The Hall–Kier alpha value is -1.59. The molecule has 0 spiro atoms. The highest BCUT2D eigenvalue weighted by molar-refractivity contribution is 5.74. The molecule has 3 rings (SSSR count). The van der Waals surface area contributed by atoms with E-state index in [0.717, 1.165) is 38.8 Å². The maximum atomic E-state index is 12.3. The van der Waals surface area contributed by atoms with Gasteiger partial charge in [0.05, 0.1) is 18.2 Å². The van der Waals surface area contributed by atoms with Crippen molar-refractivity contribution in [3.8, 4) is 0 Å². The van der Waals surface area contributed by atoms with Gasteiger partial charge in [0.25, 0.3) is 0 Å². The lowest BCUT2D eigenvalue weighted by molar-refractivity contribution is 0.0940. The van der Waals surface area contributed by atoms with Crippen LogP contribution >= 0.6 is 0 Å². The minimum atomic E-state index is -0.409. The fourth-order valence-electron chi connectivity index (χ4n) is 3.87. The molecule has 3 unspecified atom stereocenters. The summed E-state index contributed by atoms with van der Waals surface area (Å²) >= 11 is 0. The number of hydrogen-bond acceptors (Lipinski definition) is 3. The third-order valence-corrected chi connectivity index (χ3v) is 5.27. The molecule has 1 aromatic rings. The molecular formula is C19H29N3O2. The summed E-state index contributed by atoms with van der Waals surface area (Å²) < 4.78 is 0. The number of rotatable bonds is 5. The number of nitrogens with zero attached hydrogens (tertiary/aromatic N) is 1. The molecule has 1 heterocycles. The molecule has 1 aliphatic carbocycles. The predicted molar refractivity (Wildman–Crippen MR) is 94.8 cm³/mol. The van der Waals surface area contributed by atoms with Gasteiger partial charge in [0.1, 0.15) is 0 Å². The van der Waals surface area contributed by atoms with E-state index in [9.17, 15) is 9.90 Å². The fraction of sp³-hybridized carbons (Fsp3) is 0.632. The zero-order valence-corrected chi connectivity index (χ0v) is 14.3. The molecule has 3 atom stereocenters. The monoisotopic (exact) mass is 331 g/mol. The molecule has 1 saturated carbocycles. The van der Waals surface area contributed by atoms with Crippen LogP contribution in [0.2, 0.25) is 0 Å². The molecule has 2 aliphatic rings. The fourth-order valence-corrected chi connectivity index (χ4v) is 3.87. The van der Waals surface area contributed by atoms with Gasteiger partial charge in [-0.25, -0.2) is 4.79 Å². The van der Waals surface area contributed by atoms with Gasteiger partial charge in [-0.05, 0) is 44.3 Å². The molecule has 2 amide bonds. The van der Waals surface area contributed by atoms with Gasteiger partial charge in [-0.3, -0.25) is 4.90 Å². The van der Waals surface area contributed by atoms with Gasteiger partial charge in [0, 0.05) is 6.54 Å². The minimum absolute atomic E-state index is 0.110. The van der Waals surface area contributed by atoms with Gasteiger partial charge in [-0.15, -0.1) is 0 Å². The van der Waals surface area contributed by atoms with Crippen LogP contribution in [0.3, 0.4) is 0 Å². The molecule has 5 heteroatoms. The zero-order chi connectivity index (χ0) is 16.8. The minimum Gasteiger partial charge on any atom is -0.391 e. The van der Waals surface area contributed by atoms with Gasteiger partial charge in [-0.1, -0.05) is 43.2 Å². The number of carbonyl (C=O) groups is 1. The first-order valence-corrected chi connectivity index (χ1v) is 9.25. The molecule has 132 valence electrons. The molecule has 3 N–H and O–H groups in total. The van der Waals surface area contributed by atoms with Crippen LogP contribution in [0, 0.1) is 0 Å². The number of amides is 2. The second kappa shape index (κ2) is 8.49. The van der Waals surface area contributed by atoms with Crippen molar-refractivity contribution in [1.29, 1.82) is 0 Å². The van der Waals surface area contributed by atoms with Gasteiger partial charge in [0.15, 0.2) is 0 Å². The van der Waals surface area contributed by atoms with E-state index in [0.29, 0.717) is 6.54 Å². The first kappa shape index (κ1) is 17.2. The van der Waals surface area contributed by atoms with Crippen molar-refractivity contribution in [2.24, 2.45) is 0 Å². The number of nitrogens with one attached hydrogen (secondary N) is 2. The summed E-state index contributed by atoms with van der Waals surface area (Å²) in [4.78, 5) is 14.7. The third-order valence-electron chi connectivity index (χ3n) is 5.27. The maximum Gasteiger partial charge on any atom is 0.315 e. The SMILES string of the molecule is O=C(NCC(c1ccccc1)N1CCCC1)NC1CCCCC1O. The van der Waals surface area contributed by atoms with Crippen LogP contribution in [0.5, 0.6) is 0 Å². The molecule has 5 nitrogen and oxygen atoms in total. The topological polar surface area (TPSA) is 64.6 Å². The Balaban J connectivity index is 1.55. The second-order valence-electron chi connectivity index (χ2n) is 6.98. The summed E-state index contributed by atoms with van der Waals surface area (Å²) in [7, 11) is 0. The Kier molecular flexibility index (Phi) is 6.10. The highest BCUT2D eigenvalue weighted by Crippen LogP contribution is 2.24. The van der Waals surface area contributed by atoms with Gasteiger partial charge in [-0.2, -0.15) is 0 Å². The van der Waals surface area contributed by atoms with E-state index in [1.165, 1.54) is 18.4 Å². The number of likely N-dealkylation sites (tertiary alicyclic amines) is 1. The Morgan fingerprint density at radius 3 is 2.54 bits per heavy atom. The van der Waals surface area contributed by atoms with Crippen LogP contribution in [-0.4, -0.2) is 47.8 Å². The molecule has 2 fully saturated rings. The van der Waals surface area contributed by atoms with Crippen molar-refractivity contribution < 1.29 is 9.90 Å². The van der Waals surface area contributed by atoms with E-state index >= 15 is 0 Å². The van der Waals surface area contributed by atoms with Crippen LogP contribution in [0.4, 0.5) is 4.79 Å². The van der Waals surface area contributed by atoms with Crippen molar-refractivity contribution in [2.45, 2.75) is 56.7 Å². The van der Waals surface area contributed by atoms with Crippen molar-refractivity contribution >= 4 is 6.03 Å². The standard InChI is InChI=1S/C19H29N3O2/c23-18-11-5-4-10-16(18)21-19(24)20-14-17(22-12-6-7-13-22)15-8-2-1-3-9-15/h1-3,8-9,16-18,23H,4-7,10-14H2,(H2,20,21,24). The molecule has 0 aromatic heterocycles. The van der Waals surface area contributed by atoms with Crippen LogP contribution in [0.1, 0.15) is 50.1 Å². The lowest BCUT2D eigenvalue weighted by Gasteiger charge is -2.30. The molecular weight excluding hydrogens is 302 g/mol. The number of hydrogen-bond donors (Lipinski definition) is 3. The zero-order valence-electron chi connectivity index (χ0n) is 14.3. The van der Waals surface area contributed by atoms with Gasteiger partial charge < -0.3 is 15.7 Å². The van der Waals surface area contributed by atoms with Crippen molar-refractivity contribution in [3.63, 3.8) is 0 Å². The van der Waals surface area contributed by atoms with Crippen LogP contribution < -0.4 is 10.6 Å². The quantitative estimate of drug-likeness (QED) is 0.776. The largest absolute Gasteiger partial charge is 0.391 e. The molecule has 24 heavy (non-hydrogen) atoms. The summed E-state index contributed by atoms with van der Waals surface area (Å²) in [6, 6.07) is 10.3. The highest BCUT2D eigenvalue weighted by atomic mass is 16.3. The van der Waals surface area contributed by atoms with Crippen molar-refractivity contribution in [2.75, 3.05) is 19.6 Å². The molecule has 1 aliphatic heterocycles. The predicted octanol–water partition coefficient (Wildman–Crippen LogP) is 2.43. The summed E-state index contributed by atoms with van der Waals surface area (Å²) in [6.45, 7) is 2.77. The number of aliphatic hydroxyl groups is 1. The van der Waals surface area contributed by atoms with E-state index in [1.807, 2.05) is 6.07 Å². The summed E-state index contributed by atoms with van der Waals surface area (Å²) in [5.41, 5.74) is 1.25. The number of urea groups is 1. The molecule has 1 aromatic carbocycles. The van der Waals surface area contributed by atoms with E-state index in [4.69, 9.17) is 0 Å². The average Bonchev–Trinajstić information content (AvgIpc) is 3.12. The molecule has 1 saturated heterocycles. The Labute approximate surface area is 144 Å². The molecule has 0 bridgehead atoms. The van der Waals surface area contributed by atoms with Crippen LogP contribution in [-0.2, 0) is 0 Å². The van der Waals surface area contributed by atoms with Gasteiger partial charge >= 0.3 is 6.03 Å². The number of carbonyl (C=O) groups excluding carboxylic acids is 1. The smallest absolute Gasteiger partial charge is 0.315 e. The van der Waals surface area contributed by atoms with Crippen LogP contribution in [0.15, 0.2) is 30.3 Å². The third kappa shape index (κ3) is 4.48. The highest BCUT2D eigenvalue weighted by Gasteiger charge is 2.26. The van der Waals surface area contributed by atoms with E-state index in [2.05, 4.69) is 39.8 Å². The summed E-state index contributed by atoms with van der Waals surface area (Å²) in [5.74, 6) is 0. The Bertz CT molecular complexity index is 517.